The third kappa shape index (κ3) is 3.40. The Labute approximate surface area is 98.0 Å². The van der Waals surface area contributed by atoms with Crippen LogP contribution in [-0.4, -0.2) is 11.7 Å². The van der Waals surface area contributed by atoms with Gasteiger partial charge in [-0.15, -0.1) is 0 Å². The zero-order valence-corrected chi connectivity index (χ0v) is 9.66. The molecule has 0 aromatic heterocycles. The Bertz CT molecular complexity index is 344. The summed E-state index contributed by atoms with van der Waals surface area (Å²) in [4.78, 5) is 10.9. The molecule has 0 saturated carbocycles. The van der Waals surface area contributed by atoms with Crippen molar-refractivity contribution in [3.8, 4) is 0 Å². The van der Waals surface area contributed by atoms with E-state index in [0.29, 0.717) is 16.6 Å². The number of hydrogen-bond donors (Lipinski definition) is 2. The van der Waals surface area contributed by atoms with Crippen molar-refractivity contribution in [1.29, 1.82) is 0 Å². The molecule has 76 valence electrons. The third-order valence-electron chi connectivity index (χ3n) is 1.63. The number of benzene rings is 1. The summed E-state index contributed by atoms with van der Waals surface area (Å²) in [5.41, 5.74) is 0.839. The topological polar surface area (TPSA) is 29.1 Å². The summed E-state index contributed by atoms with van der Waals surface area (Å²) in [6, 6.07) is 5.16. The average Bonchev–Trinajstić information content (AvgIpc) is 2.16. The number of amides is 1. The van der Waals surface area contributed by atoms with E-state index >= 15 is 0 Å². The molecule has 1 N–H and O–H groups in total. The normalized spacial score (nSPS) is 9.93. The van der Waals surface area contributed by atoms with Crippen molar-refractivity contribution >= 4 is 41.7 Å². The maximum absolute atomic E-state index is 10.9. The van der Waals surface area contributed by atoms with E-state index in [-0.39, 0.29) is 11.7 Å². The van der Waals surface area contributed by atoms with Crippen LogP contribution in [0, 0.1) is 0 Å². The molecule has 0 aliphatic rings. The van der Waals surface area contributed by atoms with E-state index in [9.17, 15) is 4.79 Å². The maximum Gasteiger partial charge on any atom is 0.229 e. The summed E-state index contributed by atoms with van der Waals surface area (Å²) in [5.74, 6) is 0.0462. The second-order valence-electron chi connectivity index (χ2n) is 2.67. The molecule has 0 saturated heterocycles. The molecular weight excluding hydrogens is 241 g/mol. The van der Waals surface area contributed by atoms with E-state index in [2.05, 4.69) is 17.9 Å². The van der Waals surface area contributed by atoms with Gasteiger partial charge in [0.1, 0.15) is 0 Å². The molecule has 0 radical (unpaired) electrons. The highest BCUT2D eigenvalue weighted by molar-refractivity contribution is 7.81. The fourth-order valence-corrected chi connectivity index (χ4v) is 1.50. The molecule has 1 aromatic rings. The van der Waals surface area contributed by atoms with Gasteiger partial charge in [-0.25, -0.2) is 0 Å². The molecule has 0 fully saturated rings. The number of rotatable bonds is 3. The molecule has 0 aliphatic heterocycles. The zero-order chi connectivity index (χ0) is 10.6. The summed E-state index contributed by atoms with van der Waals surface area (Å²) >= 11 is 15.5. The van der Waals surface area contributed by atoms with Crippen LogP contribution in [0.3, 0.4) is 0 Å². The molecule has 0 aliphatic carbocycles. The van der Waals surface area contributed by atoms with Crippen molar-refractivity contribution in [3.05, 3.63) is 33.8 Å². The molecule has 0 atom stereocenters. The summed E-state index contributed by atoms with van der Waals surface area (Å²) in [7, 11) is 0. The van der Waals surface area contributed by atoms with Gasteiger partial charge in [0.2, 0.25) is 5.91 Å². The Kier molecular flexibility index (Phi) is 4.58. The Morgan fingerprint density at radius 2 is 2.14 bits per heavy atom. The SMILES string of the molecule is O=C(CS)NCc1ccc(Cl)cc1Cl. The van der Waals surface area contributed by atoms with Gasteiger partial charge in [-0.05, 0) is 17.7 Å². The van der Waals surface area contributed by atoms with Crippen LogP contribution in [0.4, 0.5) is 0 Å². The highest BCUT2D eigenvalue weighted by atomic mass is 35.5. The molecule has 0 bridgehead atoms. The summed E-state index contributed by atoms with van der Waals surface area (Å²) < 4.78 is 0. The van der Waals surface area contributed by atoms with E-state index in [1.807, 2.05) is 0 Å². The molecule has 2 nitrogen and oxygen atoms in total. The lowest BCUT2D eigenvalue weighted by molar-refractivity contribution is -0.118. The lowest BCUT2D eigenvalue weighted by Crippen LogP contribution is -2.23. The summed E-state index contributed by atoms with van der Waals surface area (Å²) in [5, 5.41) is 3.80. The molecule has 0 unspecified atom stereocenters. The van der Waals surface area contributed by atoms with Gasteiger partial charge in [0.05, 0.1) is 5.75 Å². The lowest BCUT2D eigenvalue weighted by Gasteiger charge is -2.05. The minimum atomic E-state index is -0.126. The van der Waals surface area contributed by atoms with Gasteiger partial charge in [0.15, 0.2) is 0 Å². The molecular formula is C9H9Cl2NOS. The first-order chi connectivity index (χ1) is 6.63. The summed E-state index contributed by atoms with van der Waals surface area (Å²) in [6.07, 6.45) is 0. The minimum absolute atomic E-state index is 0.126. The smallest absolute Gasteiger partial charge is 0.229 e. The van der Waals surface area contributed by atoms with Crippen molar-refractivity contribution in [2.45, 2.75) is 6.54 Å². The van der Waals surface area contributed by atoms with Crippen LogP contribution < -0.4 is 5.32 Å². The minimum Gasteiger partial charge on any atom is -0.351 e. The van der Waals surface area contributed by atoms with Crippen LogP contribution in [-0.2, 0) is 11.3 Å². The maximum atomic E-state index is 10.9. The third-order valence-corrected chi connectivity index (χ3v) is 2.51. The van der Waals surface area contributed by atoms with Crippen LogP contribution in [0.2, 0.25) is 10.0 Å². The first-order valence-electron chi connectivity index (χ1n) is 3.95. The predicted octanol–water partition coefficient (Wildman–Crippen LogP) is 2.54. The molecule has 0 spiro atoms. The van der Waals surface area contributed by atoms with Crippen molar-refractivity contribution in [3.63, 3.8) is 0 Å². The number of halogens is 2. The summed E-state index contributed by atoms with van der Waals surface area (Å²) in [6.45, 7) is 0.398. The average molecular weight is 250 g/mol. The van der Waals surface area contributed by atoms with Gasteiger partial charge in [-0.3, -0.25) is 4.79 Å². The largest absolute Gasteiger partial charge is 0.351 e. The highest BCUT2D eigenvalue weighted by Gasteiger charge is 2.02. The molecule has 0 heterocycles. The molecule has 1 amide bonds. The zero-order valence-electron chi connectivity index (χ0n) is 7.26. The van der Waals surface area contributed by atoms with Crippen molar-refractivity contribution in [2.24, 2.45) is 0 Å². The number of carbonyl (C=O) groups is 1. The quantitative estimate of drug-likeness (QED) is 0.793. The van der Waals surface area contributed by atoms with Crippen molar-refractivity contribution < 1.29 is 4.79 Å². The van der Waals surface area contributed by atoms with Crippen molar-refractivity contribution in [2.75, 3.05) is 5.75 Å². The van der Waals surface area contributed by atoms with E-state index < -0.39 is 0 Å². The first-order valence-corrected chi connectivity index (χ1v) is 5.34. The van der Waals surface area contributed by atoms with E-state index in [1.54, 1.807) is 18.2 Å². The van der Waals surface area contributed by atoms with E-state index in [0.717, 1.165) is 5.56 Å². The molecule has 14 heavy (non-hydrogen) atoms. The Morgan fingerprint density at radius 3 is 2.71 bits per heavy atom. The predicted molar refractivity (Wildman–Crippen MR) is 62.2 cm³/mol. The molecule has 1 rings (SSSR count). The highest BCUT2D eigenvalue weighted by Crippen LogP contribution is 2.20. The second-order valence-corrected chi connectivity index (χ2v) is 3.83. The fourth-order valence-electron chi connectivity index (χ4n) is 0.915. The van der Waals surface area contributed by atoms with Gasteiger partial charge in [0, 0.05) is 16.6 Å². The molecule has 5 heteroatoms. The van der Waals surface area contributed by atoms with Crippen LogP contribution in [0.5, 0.6) is 0 Å². The standard InChI is InChI=1S/C9H9Cl2NOS/c10-7-2-1-6(8(11)3-7)4-12-9(13)5-14/h1-3,14H,4-5H2,(H,12,13). The van der Waals surface area contributed by atoms with Gasteiger partial charge in [-0.2, -0.15) is 12.6 Å². The fraction of sp³-hybridized carbons (Fsp3) is 0.222. The van der Waals surface area contributed by atoms with Crippen LogP contribution >= 0.6 is 35.8 Å². The van der Waals surface area contributed by atoms with Crippen molar-refractivity contribution in [1.82, 2.24) is 5.32 Å². The number of nitrogens with one attached hydrogen (secondary N) is 1. The lowest BCUT2D eigenvalue weighted by atomic mass is 10.2. The van der Waals surface area contributed by atoms with Gasteiger partial charge < -0.3 is 5.32 Å². The Morgan fingerprint density at radius 1 is 1.43 bits per heavy atom. The van der Waals surface area contributed by atoms with Crippen LogP contribution in [0.1, 0.15) is 5.56 Å². The van der Waals surface area contributed by atoms with Crippen LogP contribution in [0.25, 0.3) is 0 Å². The van der Waals surface area contributed by atoms with E-state index in [1.165, 1.54) is 0 Å². The first kappa shape index (κ1) is 11.7. The number of thiol groups is 1. The Hall–Kier alpha value is -0.380. The molecule has 1 aromatic carbocycles. The van der Waals surface area contributed by atoms with E-state index in [4.69, 9.17) is 23.2 Å². The van der Waals surface area contributed by atoms with Gasteiger partial charge in [-0.1, -0.05) is 29.3 Å². The second kappa shape index (κ2) is 5.49. The van der Waals surface area contributed by atoms with Crippen LogP contribution in [0.15, 0.2) is 18.2 Å². The van der Waals surface area contributed by atoms with Gasteiger partial charge in [0.25, 0.3) is 0 Å². The Balaban J connectivity index is 2.63. The number of hydrogen-bond acceptors (Lipinski definition) is 2. The monoisotopic (exact) mass is 249 g/mol. The van der Waals surface area contributed by atoms with Gasteiger partial charge >= 0.3 is 0 Å². The number of carbonyl (C=O) groups excluding carboxylic acids is 1.